The zero-order valence-corrected chi connectivity index (χ0v) is 8.36. The number of rotatable bonds is 0. The fourth-order valence-electron chi connectivity index (χ4n) is 2.21. The molecule has 4 aliphatic rings. The summed E-state index contributed by atoms with van der Waals surface area (Å²) in [5.74, 6) is -5.24. The van der Waals surface area contributed by atoms with Crippen LogP contribution in [0.1, 0.15) is 0 Å². The molecule has 3 aliphatic heterocycles. The summed E-state index contributed by atoms with van der Waals surface area (Å²) in [6, 6.07) is 0. The van der Waals surface area contributed by atoms with Crippen LogP contribution in [-0.4, -0.2) is 64.8 Å². The van der Waals surface area contributed by atoms with Gasteiger partial charge in [-0.1, -0.05) is 0 Å². The van der Waals surface area contributed by atoms with Gasteiger partial charge >= 0.3 is 10.4 Å². The topological polar surface area (TPSA) is 143 Å². The second-order valence-corrected chi connectivity index (χ2v) is 5.05. The lowest BCUT2D eigenvalue weighted by molar-refractivity contribution is -0.498. The first-order valence-corrected chi connectivity index (χ1v) is 5.67. The predicted molar refractivity (Wildman–Crippen MR) is 41.7 cm³/mol. The van der Waals surface area contributed by atoms with Gasteiger partial charge in [0.25, 0.3) is 11.6 Å². The molecule has 0 aromatic rings. The summed E-state index contributed by atoms with van der Waals surface area (Å²) in [6.07, 6.45) is -6.49. The van der Waals surface area contributed by atoms with E-state index in [9.17, 15) is 28.8 Å². The summed E-state index contributed by atoms with van der Waals surface area (Å²) >= 11 is 0. The molecule has 3 heterocycles. The van der Waals surface area contributed by atoms with Gasteiger partial charge < -0.3 is 25.2 Å². The number of aliphatic hydroxyl groups excluding tert-OH is 3. The minimum atomic E-state index is -4.60. The highest BCUT2D eigenvalue weighted by molar-refractivity contribution is 7.82. The average Bonchev–Trinajstić information content (AvgIpc) is 2.41. The molecule has 4 rings (SSSR count). The van der Waals surface area contributed by atoms with Crippen LogP contribution in [0.5, 0.6) is 0 Å². The molecule has 16 heavy (non-hydrogen) atoms. The average molecular weight is 256 g/mol. The van der Waals surface area contributed by atoms with E-state index in [2.05, 4.69) is 8.37 Å². The summed E-state index contributed by atoms with van der Waals surface area (Å²) in [4.78, 5) is 0. The molecule has 4 N–H and O–H groups in total. The Hall–Kier alpha value is -0.330. The molecule has 92 valence electrons. The van der Waals surface area contributed by atoms with Gasteiger partial charge in [0.1, 0.15) is 24.4 Å². The Labute approximate surface area is 89.1 Å². The van der Waals surface area contributed by atoms with E-state index in [0.717, 1.165) is 0 Å². The molecule has 1 spiro atoms. The fourth-order valence-corrected chi connectivity index (χ4v) is 3.33. The van der Waals surface area contributed by atoms with E-state index in [4.69, 9.17) is 4.74 Å². The van der Waals surface area contributed by atoms with Crippen molar-refractivity contribution in [1.82, 2.24) is 0 Å². The molecule has 0 amide bonds. The fraction of sp³-hybridized carbons (Fsp3) is 1.00. The van der Waals surface area contributed by atoms with Crippen molar-refractivity contribution in [2.45, 2.75) is 36.0 Å². The Morgan fingerprint density at radius 2 is 1.69 bits per heavy atom. The number of aliphatic hydroxyl groups is 4. The lowest BCUT2D eigenvalue weighted by atomic mass is 9.74. The minimum Gasteiger partial charge on any atom is -0.387 e. The van der Waals surface area contributed by atoms with Crippen LogP contribution in [-0.2, 0) is 23.5 Å². The number of fused-ring (bicyclic) bond motifs is 1. The normalized spacial score (nSPS) is 62.5. The van der Waals surface area contributed by atoms with Crippen molar-refractivity contribution < 1.29 is 41.9 Å². The Balaban J connectivity index is 2.14. The van der Waals surface area contributed by atoms with Gasteiger partial charge in [-0.25, -0.2) is 8.37 Å². The van der Waals surface area contributed by atoms with Gasteiger partial charge in [-0.2, -0.15) is 8.42 Å². The standard InChI is InChI=1S/C6H8O9S/c7-1-2-4(9)6(13-2)5(10,3(1)8)14-16(11,12)15-6/h1-4,7-10H/t1-,2-,3+,4?,5-,6?/m1/s1. The first-order chi connectivity index (χ1) is 7.24. The summed E-state index contributed by atoms with van der Waals surface area (Å²) in [5.41, 5.74) is 0. The Morgan fingerprint density at radius 3 is 2.25 bits per heavy atom. The number of hydrogen-bond acceptors (Lipinski definition) is 9. The molecule has 1 saturated carbocycles. The molecule has 0 radical (unpaired) electrons. The van der Waals surface area contributed by atoms with Crippen molar-refractivity contribution in [3.63, 3.8) is 0 Å². The van der Waals surface area contributed by atoms with Crippen LogP contribution in [0.25, 0.3) is 0 Å². The van der Waals surface area contributed by atoms with Crippen LogP contribution in [0.4, 0.5) is 0 Å². The van der Waals surface area contributed by atoms with Gasteiger partial charge in [-0.3, -0.25) is 0 Å². The van der Waals surface area contributed by atoms with Gasteiger partial charge in [0.15, 0.2) is 0 Å². The van der Waals surface area contributed by atoms with Crippen LogP contribution in [0, 0.1) is 0 Å². The smallest absolute Gasteiger partial charge is 0.387 e. The van der Waals surface area contributed by atoms with Crippen LogP contribution in [0.15, 0.2) is 0 Å². The van der Waals surface area contributed by atoms with Gasteiger partial charge in [0.2, 0.25) is 0 Å². The van der Waals surface area contributed by atoms with E-state index < -0.39 is 46.4 Å². The minimum absolute atomic E-state index is 1.23. The SMILES string of the molecule is O=S1(=O)OC23O[C@@H](C2O)[C@@H](O)[C@H](O)[C@@]3(O)O1. The zero-order chi connectivity index (χ0) is 11.9. The molecule has 0 aromatic heterocycles. The highest BCUT2D eigenvalue weighted by atomic mass is 32.3. The molecule has 9 nitrogen and oxygen atoms in total. The molecule has 10 heteroatoms. The number of hydrogen-bond donors (Lipinski definition) is 4. The van der Waals surface area contributed by atoms with E-state index in [1.807, 2.05) is 0 Å². The van der Waals surface area contributed by atoms with Crippen molar-refractivity contribution in [2.24, 2.45) is 0 Å². The van der Waals surface area contributed by atoms with Gasteiger partial charge in [0.05, 0.1) is 0 Å². The van der Waals surface area contributed by atoms with E-state index >= 15 is 0 Å². The Morgan fingerprint density at radius 1 is 1.06 bits per heavy atom. The molecule has 4 fully saturated rings. The molecule has 0 aromatic carbocycles. The van der Waals surface area contributed by atoms with Crippen LogP contribution < -0.4 is 0 Å². The van der Waals surface area contributed by atoms with Crippen molar-refractivity contribution >= 4 is 10.4 Å². The maximum absolute atomic E-state index is 11.0. The first kappa shape index (κ1) is 10.8. The van der Waals surface area contributed by atoms with Crippen LogP contribution in [0.3, 0.4) is 0 Å². The van der Waals surface area contributed by atoms with E-state index in [0.29, 0.717) is 0 Å². The summed E-state index contributed by atoms with van der Waals surface area (Å²) in [6.45, 7) is 0. The predicted octanol–water partition coefficient (Wildman–Crippen LogP) is -3.84. The van der Waals surface area contributed by atoms with Crippen LogP contribution >= 0.6 is 0 Å². The van der Waals surface area contributed by atoms with Crippen molar-refractivity contribution in [1.29, 1.82) is 0 Å². The Bertz CT molecular complexity index is 447. The molecule has 2 unspecified atom stereocenters. The molecular formula is C6H8O9S. The molecule has 1 aliphatic carbocycles. The van der Waals surface area contributed by atoms with Crippen LogP contribution in [0.2, 0.25) is 0 Å². The van der Waals surface area contributed by atoms with E-state index in [-0.39, 0.29) is 0 Å². The third-order valence-electron chi connectivity index (χ3n) is 3.03. The second-order valence-electron chi connectivity index (χ2n) is 3.90. The van der Waals surface area contributed by atoms with E-state index in [1.54, 1.807) is 0 Å². The molecule has 6 atom stereocenters. The summed E-state index contributed by atoms with van der Waals surface area (Å²) < 4.78 is 35.3. The quantitative estimate of drug-likeness (QED) is 0.342. The summed E-state index contributed by atoms with van der Waals surface area (Å²) in [7, 11) is -4.60. The third kappa shape index (κ3) is 0.889. The monoisotopic (exact) mass is 256 g/mol. The lowest BCUT2D eigenvalue weighted by Crippen LogP contribution is -2.86. The highest BCUT2D eigenvalue weighted by Crippen LogP contribution is 2.57. The third-order valence-corrected chi connectivity index (χ3v) is 3.94. The summed E-state index contributed by atoms with van der Waals surface area (Å²) in [5, 5.41) is 38.3. The van der Waals surface area contributed by atoms with E-state index in [1.165, 1.54) is 0 Å². The highest BCUT2D eigenvalue weighted by Gasteiger charge is 2.85. The first-order valence-electron chi connectivity index (χ1n) is 4.34. The van der Waals surface area contributed by atoms with Gasteiger partial charge in [0, 0.05) is 0 Å². The van der Waals surface area contributed by atoms with Crippen molar-refractivity contribution in [3.05, 3.63) is 0 Å². The van der Waals surface area contributed by atoms with Crippen molar-refractivity contribution in [2.75, 3.05) is 0 Å². The molecule has 3 saturated heterocycles. The molecular weight excluding hydrogens is 248 g/mol. The zero-order valence-electron chi connectivity index (χ0n) is 7.55. The second kappa shape index (κ2) is 2.57. The maximum Gasteiger partial charge on any atom is 0.405 e. The van der Waals surface area contributed by atoms with Gasteiger partial charge in [-0.15, -0.1) is 0 Å². The van der Waals surface area contributed by atoms with Gasteiger partial charge in [-0.05, 0) is 0 Å². The number of ether oxygens (including phenoxy) is 1. The molecule has 2 bridgehead atoms. The Kier molecular flexibility index (Phi) is 1.73. The van der Waals surface area contributed by atoms with Crippen molar-refractivity contribution in [3.8, 4) is 0 Å². The largest absolute Gasteiger partial charge is 0.405 e. The lowest BCUT2D eigenvalue weighted by Gasteiger charge is -2.59. The maximum atomic E-state index is 11.0.